The summed E-state index contributed by atoms with van der Waals surface area (Å²) in [4.78, 5) is 11.3. The summed E-state index contributed by atoms with van der Waals surface area (Å²) >= 11 is 0. The van der Waals surface area contributed by atoms with Gasteiger partial charge in [-0.25, -0.2) is 0 Å². The largest absolute Gasteiger partial charge is 0.391 e. The van der Waals surface area contributed by atoms with Crippen molar-refractivity contribution in [3.63, 3.8) is 0 Å². The first-order valence-electron chi connectivity index (χ1n) is 4.57. The van der Waals surface area contributed by atoms with E-state index >= 15 is 0 Å². The summed E-state index contributed by atoms with van der Waals surface area (Å²) in [5, 5.41) is 12.0. The normalized spacial score (nSPS) is 16.5. The Bertz CT molecular complexity index is 178. The molecule has 0 saturated carbocycles. The average molecular weight is 188 g/mol. The Morgan fingerprint density at radius 3 is 2.38 bits per heavy atom. The fourth-order valence-electron chi connectivity index (χ4n) is 0.700. The van der Waals surface area contributed by atoms with Gasteiger partial charge in [0.15, 0.2) is 0 Å². The number of carbonyl (C=O) groups excluding carboxylic acids is 1. The predicted octanol–water partition coefficient (Wildman–Crippen LogP) is -0.000700. The molecule has 0 aliphatic heterocycles. The molecule has 0 spiro atoms. The molecule has 0 radical (unpaired) electrons. The lowest BCUT2D eigenvalue weighted by molar-refractivity contribution is -0.125. The maximum absolute atomic E-state index is 11.3. The minimum absolute atomic E-state index is 0.214. The summed E-state index contributed by atoms with van der Waals surface area (Å²) in [5.74, 6) is -0.214. The Balaban J connectivity index is 4.19. The summed E-state index contributed by atoms with van der Waals surface area (Å²) < 4.78 is 0. The fourth-order valence-corrected chi connectivity index (χ4v) is 0.700. The van der Waals surface area contributed by atoms with Gasteiger partial charge in [0.05, 0.1) is 17.7 Å². The predicted molar refractivity (Wildman–Crippen MR) is 52.2 cm³/mol. The van der Waals surface area contributed by atoms with Crippen LogP contribution in [-0.4, -0.2) is 28.7 Å². The van der Waals surface area contributed by atoms with Crippen molar-refractivity contribution in [1.29, 1.82) is 0 Å². The van der Waals surface area contributed by atoms with Gasteiger partial charge in [0, 0.05) is 0 Å². The quantitative estimate of drug-likeness (QED) is 0.581. The monoisotopic (exact) mass is 188 g/mol. The van der Waals surface area contributed by atoms with Gasteiger partial charge in [-0.15, -0.1) is 0 Å². The molecule has 0 heterocycles. The van der Waals surface area contributed by atoms with Crippen molar-refractivity contribution in [2.75, 3.05) is 0 Å². The second-order valence-electron chi connectivity index (χ2n) is 3.90. The molecule has 0 aromatic heterocycles. The van der Waals surface area contributed by atoms with Crippen LogP contribution < -0.4 is 11.1 Å². The highest BCUT2D eigenvalue weighted by Gasteiger charge is 2.27. The molecule has 4 nitrogen and oxygen atoms in total. The highest BCUT2D eigenvalue weighted by Crippen LogP contribution is 2.08. The summed E-state index contributed by atoms with van der Waals surface area (Å²) in [5.41, 5.74) is 4.91. The van der Waals surface area contributed by atoms with Gasteiger partial charge >= 0.3 is 0 Å². The van der Waals surface area contributed by atoms with E-state index in [2.05, 4.69) is 5.32 Å². The summed E-state index contributed by atoms with van der Waals surface area (Å²) in [6.07, 6.45) is 0.00218. The molecule has 1 amide bonds. The van der Waals surface area contributed by atoms with Crippen molar-refractivity contribution >= 4 is 5.91 Å². The molecular formula is C9H20N2O2. The molecule has 2 atom stereocenters. The van der Waals surface area contributed by atoms with E-state index in [1.165, 1.54) is 0 Å². The van der Waals surface area contributed by atoms with Crippen molar-refractivity contribution < 1.29 is 9.90 Å². The van der Waals surface area contributed by atoms with Gasteiger partial charge in [-0.1, -0.05) is 6.92 Å². The number of aliphatic hydroxyl groups excluding tert-OH is 1. The average Bonchev–Trinajstić information content (AvgIpc) is 2.01. The number of hydrogen-bond acceptors (Lipinski definition) is 3. The Hall–Kier alpha value is -0.610. The van der Waals surface area contributed by atoms with Gasteiger partial charge in [0.1, 0.15) is 0 Å². The van der Waals surface area contributed by atoms with Crippen LogP contribution in [0.2, 0.25) is 0 Å². The molecule has 0 aliphatic carbocycles. The Kier molecular flexibility index (Phi) is 4.36. The van der Waals surface area contributed by atoms with Gasteiger partial charge in [-0.3, -0.25) is 4.79 Å². The number of amides is 1. The molecule has 13 heavy (non-hydrogen) atoms. The molecule has 0 aromatic rings. The van der Waals surface area contributed by atoms with Gasteiger partial charge < -0.3 is 16.2 Å². The van der Waals surface area contributed by atoms with E-state index in [0.29, 0.717) is 6.42 Å². The smallest absolute Gasteiger partial charge is 0.237 e. The first-order valence-corrected chi connectivity index (χ1v) is 4.57. The molecule has 0 bridgehead atoms. The summed E-state index contributed by atoms with van der Waals surface area (Å²) in [6.45, 7) is 7.01. The molecular weight excluding hydrogens is 168 g/mol. The number of hydrogen-bond donors (Lipinski definition) is 3. The Labute approximate surface area is 79.5 Å². The fraction of sp³-hybridized carbons (Fsp3) is 0.889. The molecule has 4 N–H and O–H groups in total. The molecule has 0 aliphatic rings. The minimum atomic E-state index is -0.621. The first-order chi connectivity index (χ1) is 5.81. The molecule has 0 fully saturated rings. The lowest BCUT2D eigenvalue weighted by atomic mass is 9.98. The first kappa shape index (κ1) is 12.4. The Morgan fingerprint density at radius 1 is 1.62 bits per heavy atom. The van der Waals surface area contributed by atoms with Crippen LogP contribution in [0.25, 0.3) is 0 Å². The van der Waals surface area contributed by atoms with Gasteiger partial charge in [0.25, 0.3) is 0 Å². The lowest BCUT2D eigenvalue weighted by Gasteiger charge is -2.30. The van der Waals surface area contributed by atoms with Crippen LogP contribution in [0.5, 0.6) is 0 Å². The van der Waals surface area contributed by atoms with Crippen LogP contribution in [-0.2, 0) is 4.79 Å². The maximum atomic E-state index is 11.3. The van der Waals surface area contributed by atoms with E-state index in [9.17, 15) is 9.90 Å². The van der Waals surface area contributed by atoms with Gasteiger partial charge in [-0.2, -0.15) is 0 Å². The highest BCUT2D eigenvalue weighted by atomic mass is 16.3. The zero-order valence-electron chi connectivity index (χ0n) is 8.79. The van der Waals surface area contributed by atoms with E-state index in [1.54, 1.807) is 20.8 Å². The SMILES string of the molecule is CC[C@@H](N)C(=O)NC(C)(C)C(C)O. The Morgan fingerprint density at radius 2 is 2.08 bits per heavy atom. The highest BCUT2D eigenvalue weighted by molar-refractivity contribution is 5.82. The number of nitrogens with one attached hydrogen (secondary N) is 1. The molecule has 78 valence electrons. The van der Waals surface area contributed by atoms with Crippen LogP contribution in [0.15, 0.2) is 0 Å². The van der Waals surface area contributed by atoms with Crippen LogP contribution in [0.4, 0.5) is 0 Å². The van der Waals surface area contributed by atoms with Crippen molar-refractivity contribution in [2.45, 2.75) is 51.8 Å². The zero-order chi connectivity index (χ0) is 10.6. The van der Waals surface area contributed by atoms with Gasteiger partial charge in [-0.05, 0) is 27.2 Å². The molecule has 0 saturated heterocycles. The molecule has 0 rings (SSSR count). The van der Waals surface area contributed by atoms with Crippen molar-refractivity contribution in [1.82, 2.24) is 5.32 Å². The van der Waals surface area contributed by atoms with Crippen molar-refractivity contribution in [2.24, 2.45) is 5.73 Å². The second-order valence-corrected chi connectivity index (χ2v) is 3.90. The number of nitrogens with two attached hydrogens (primary N) is 1. The minimum Gasteiger partial charge on any atom is -0.391 e. The molecule has 4 heteroatoms. The van der Waals surface area contributed by atoms with Crippen molar-refractivity contribution in [3.8, 4) is 0 Å². The van der Waals surface area contributed by atoms with Gasteiger partial charge in [0.2, 0.25) is 5.91 Å². The summed E-state index contributed by atoms with van der Waals surface area (Å²) in [7, 11) is 0. The van der Waals surface area contributed by atoms with Crippen LogP contribution in [0, 0.1) is 0 Å². The molecule has 0 aromatic carbocycles. The van der Waals surface area contributed by atoms with Crippen LogP contribution >= 0.6 is 0 Å². The van der Waals surface area contributed by atoms with Crippen molar-refractivity contribution in [3.05, 3.63) is 0 Å². The number of carbonyl (C=O) groups is 1. The molecule has 1 unspecified atom stereocenters. The summed E-state index contributed by atoms with van der Waals surface area (Å²) in [6, 6.07) is -0.488. The number of rotatable bonds is 4. The zero-order valence-corrected chi connectivity index (χ0v) is 8.79. The number of aliphatic hydroxyl groups is 1. The third-order valence-electron chi connectivity index (χ3n) is 2.27. The maximum Gasteiger partial charge on any atom is 0.237 e. The third-order valence-corrected chi connectivity index (χ3v) is 2.27. The van der Waals surface area contributed by atoms with E-state index in [-0.39, 0.29) is 5.91 Å². The third kappa shape index (κ3) is 3.74. The van der Waals surface area contributed by atoms with E-state index in [1.807, 2.05) is 6.92 Å². The topological polar surface area (TPSA) is 75.4 Å². The lowest BCUT2D eigenvalue weighted by Crippen LogP contribution is -2.55. The van der Waals surface area contributed by atoms with Crippen LogP contribution in [0.3, 0.4) is 0 Å². The van der Waals surface area contributed by atoms with Crippen LogP contribution in [0.1, 0.15) is 34.1 Å². The van der Waals surface area contributed by atoms with E-state index in [0.717, 1.165) is 0 Å². The second kappa shape index (κ2) is 4.58. The standard InChI is InChI=1S/C9H20N2O2/c1-5-7(10)8(13)11-9(3,4)6(2)12/h6-7,12H,5,10H2,1-4H3,(H,11,13)/t6?,7-/m1/s1. The van der Waals surface area contributed by atoms with E-state index < -0.39 is 17.7 Å². The van der Waals surface area contributed by atoms with E-state index in [4.69, 9.17) is 5.73 Å².